The lowest BCUT2D eigenvalue weighted by molar-refractivity contribution is -0.137. The number of nitrogens with zero attached hydrogens (tertiary/aromatic N) is 5. The molecule has 2 saturated heterocycles. The molecule has 0 aliphatic carbocycles. The van der Waals surface area contributed by atoms with Crippen LogP contribution in [-0.4, -0.2) is 71.1 Å². The minimum Gasteiger partial charge on any atom is -0.459 e. The summed E-state index contributed by atoms with van der Waals surface area (Å²) in [5, 5.41) is 9.49. The lowest BCUT2D eigenvalue weighted by Gasteiger charge is -2.39. The molecule has 0 bridgehead atoms. The van der Waals surface area contributed by atoms with Gasteiger partial charge in [0, 0.05) is 49.9 Å². The molecule has 0 N–H and O–H groups in total. The number of carbonyl (C=O) groups excluding carboxylic acids is 2. The molecule has 2 aromatic heterocycles. The van der Waals surface area contributed by atoms with Crippen LogP contribution in [0.15, 0.2) is 59.2 Å². The van der Waals surface area contributed by atoms with E-state index in [1.54, 1.807) is 17.0 Å². The molecule has 2 aliphatic heterocycles. The number of halogens is 1. The first-order chi connectivity index (χ1) is 16.6. The number of hydrogen-bond acceptors (Lipinski definition) is 6. The van der Waals surface area contributed by atoms with Gasteiger partial charge in [-0.2, -0.15) is 0 Å². The molecule has 2 aliphatic rings. The van der Waals surface area contributed by atoms with Gasteiger partial charge in [0.2, 0.25) is 5.91 Å². The van der Waals surface area contributed by atoms with E-state index in [1.807, 2.05) is 41.3 Å². The Balaban J connectivity index is 1.18. The molecule has 0 unspecified atom stereocenters. The number of rotatable bonds is 4. The van der Waals surface area contributed by atoms with Crippen LogP contribution < -0.4 is 4.90 Å². The van der Waals surface area contributed by atoms with Gasteiger partial charge in [-0.1, -0.05) is 23.7 Å². The SMILES string of the molecule is O=C(c1ccco1)N1CCN(C(=O)[C@@H]2CCCN(c3ccc(-c4ccc(Cl)cc4)nn3)C2)CC1. The molecule has 34 heavy (non-hydrogen) atoms. The molecule has 3 aromatic rings. The van der Waals surface area contributed by atoms with Crippen molar-refractivity contribution in [3.8, 4) is 11.3 Å². The third-order valence-corrected chi connectivity index (χ3v) is 6.75. The van der Waals surface area contributed by atoms with Gasteiger partial charge in [-0.3, -0.25) is 9.59 Å². The van der Waals surface area contributed by atoms with Gasteiger partial charge < -0.3 is 19.1 Å². The Kier molecular flexibility index (Phi) is 6.49. The molecule has 0 saturated carbocycles. The smallest absolute Gasteiger partial charge is 0.289 e. The van der Waals surface area contributed by atoms with Crippen LogP contribution in [-0.2, 0) is 4.79 Å². The first kappa shape index (κ1) is 22.4. The molecule has 1 atom stereocenters. The summed E-state index contributed by atoms with van der Waals surface area (Å²) in [5.74, 6) is 1.07. The molecule has 8 nitrogen and oxygen atoms in total. The topological polar surface area (TPSA) is 82.8 Å². The highest BCUT2D eigenvalue weighted by Gasteiger charge is 2.33. The average Bonchev–Trinajstić information content (AvgIpc) is 3.44. The van der Waals surface area contributed by atoms with Gasteiger partial charge in [0.15, 0.2) is 11.6 Å². The van der Waals surface area contributed by atoms with Gasteiger partial charge in [0.1, 0.15) is 0 Å². The van der Waals surface area contributed by atoms with Crippen molar-refractivity contribution in [1.29, 1.82) is 0 Å². The molecular weight excluding hydrogens is 454 g/mol. The fourth-order valence-electron chi connectivity index (χ4n) is 4.60. The van der Waals surface area contributed by atoms with E-state index < -0.39 is 0 Å². The van der Waals surface area contributed by atoms with E-state index in [2.05, 4.69) is 15.1 Å². The quantitative estimate of drug-likeness (QED) is 0.568. The highest BCUT2D eigenvalue weighted by atomic mass is 35.5. The normalized spacial score (nSPS) is 18.7. The van der Waals surface area contributed by atoms with Crippen molar-refractivity contribution in [1.82, 2.24) is 20.0 Å². The van der Waals surface area contributed by atoms with Crippen molar-refractivity contribution >= 4 is 29.2 Å². The molecule has 1 aromatic carbocycles. The van der Waals surface area contributed by atoms with Crippen LogP contribution in [0.3, 0.4) is 0 Å². The van der Waals surface area contributed by atoms with Crippen molar-refractivity contribution < 1.29 is 14.0 Å². The summed E-state index contributed by atoms with van der Waals surface area (Å²) in [6.45, 7) is 3.58. The minimum atomic E-state index is -0.124. The van der Waals surface area contributed by atoms with E-state index in [4.69, 9.17) is 16.0 Å². The number of piperazine rings is 1. The van der Waals surface area contributed by atoms with Crippen LogP contribution in [0.2, 0.25) is 5.02 Å². The zero-order chi connectivity index (χ0) is 23.5. The molecule has 0 radical (unpaired) electrons. The maximum Gasteiger partial charge on any atom is 0.289 e. The van der Waals surface area contributed by atoms with E-state index in [-0.39, 0.29) is 17.7 Å². The highest BCUT2D eigenvalue weighted by Crippen LogP contribution is 2.25. The lowest BCUT2D eigenvalue weighted by Crippen LogP contribution is -2.53. The van der Waals surface area contributed by atoms with Crippen molar-refractivity contribution in [2.45, 2.75) is 12.8 Å². The van der Waals surface area contributed by atoms with Crippen LogP contribution >= 0.6 is 11.6 Å². The number of piperidine rings is 1. The molecule has 9 heteroatoms. The summed E-state index contributed by atoms with van der Waals surface area (Å²) >= 11 is 5.97. The monoisotopic (exact) mass is 479 g/mol. The summed E-state index contributed by atoms with van der Waals surface area (Å²) in [6.07, 6.45) is 3.28. The van der Waals surface area contributed by atoms with Crippen molar-refractivity contribution in [3.63, 3.8) is 0 Å². The molecule has 0 spiro atoms. The molecule has 5 rings (SSSR count). The van der Waals surface area contributed by atoms with Gasteiger partial charge in [0.25, 0.3) is 5.91 Å². The number of furan rings is 1. The third kappa shape index (κ3) is 4.77. The molecule has 2 amide bonds. The van der Waals surface area contributed by atoms with Crippen molar-refractivity contribution in [3.05, 3.63) is 65.6 Å². The largest absolute Gasteiger partial charge is 0.459 e. The Labute approximate surface area is 203 Å². The number of hydrogen-bond donors (Lipinski definition) is 0. The van der Waals surface area contributed by atoms with Crippen molar-refractivity contribution in [2.24, 2.45) is 5.92 Å². The van der Waals surface area contributed by atoms with Crippen LogP contribution in [0.5, 0.6) is 0 Å². The van der Waals surface area contributed by atoms with E-state index in [1.165, 1.54) is 6.26 Å². The summed E-state index contributed by atoms with van der Waals surface area (Å²) in [5.41, 5.74) is 1.74. The number of carbonyl (C=O) groups is 2. The maximum absolute atomic E-state index is 13.2. The van der Waals surface area contributed by atoms with E-state index in [0.717, 1.165) is 36.5 Å². The van der Waals surface area contributed by atoms with Gasteiger partial charge in [-0.25, -0.2) is 0 Å². The van der Waals surface area contributed by atoms with Crippen molar-refractivity contribution in [2.75, 3.05) is 44.2 Å². The summed E-state index contributed by atoms with van der Waals surface area (Å²) in [4.78, 5) is 31.5. The Hall–Kier alpha value is -3.39. The van der Waals surface area contributed by atoms with Gasteiger partial charge in [0.05, 0.1) is 17.9 Å². The third-order valence-electron chi connectivity index (χ3n) is 6.50. The second kappa shape index (κ2) is 9.85. The second-order valence-corrected chi connectivity index (χ2v) is 9.10. The second-order valence-electron chi connectivity index (χ2n) is 8.66. The molecule has 2 fully saturated rings. The maximum atomic E-state index is 13.2. The van der Waals surface area contributed by atoms with E-state index in [9.17, 15) is 9.59 Å². The Bertz CT molecular complexity index is 1130. The predicted octanol–water partition coefficient (Wildman–Crippen LogP) is 3.59. The zero-order valence-corrected chi connectivity index (χ0v) is 19.5. The first-order valence-electron chi connectivity index (χ1n) is 11.5. The average molecular weight is 480 g/mol. The molecular formula is C25H26ClN5O3. The van der Waals surface area contributed by atoms with E-state index >= 15 is 0 Å². The Morgan fingerprint density at radius 1 is 0.912 bits per heavy atom. The van der Waals surface area contributed by atoms with Crippen LogP contribution in [0.25, 0.3) is 11.3 Å². The predicted molar refractivity (Wildman–Crippen MR) is 129 cm³/mol. The standard InChI is InChI=1S/C25H26ClN5O3/c26-20-7-5-18(6-8-20)21-9-10-23(28-27-21)31-11-1-3-19(17-31)24(32)29-12-14-30(15-13-29)25(33)22-4-2-16-34-22/h2,4-10,16,19H,1,3,11-15,17H2/t19-/m1/s1. The van der Waals surface area contributed by atoms with Crippen LogP contribution in [0, 0.1) is 5.92 Å². The summed E-state index contributed by atoms with van der Waals surface area (Å²) in [6, 6.07) is 14.8. The van der Waals surface area contributed by atoms with E-state index in [0.29, 0.717) is 43.5 Å². The van der Waals surface area contributed by atoms with Gasteiger partial charge in [-0.05, 0) is 49.2 Å². The summed E-state index contributed by atoms with van der Waals surface area (Å²) in [7, 11) is 0. The first-order valence-corrected chi connectivity index (χ1v) is 11.9. The fraction of sp³-hybridized carbons (Fsp3) is 0.360. The number of amides is 2. The summed E-state index contributed by atoms with van der Waals surface area (Å²) < 4.78 is 5.22. The lowest BCUT2D eigenvalue weighted by atomic mass is 9.96. The molecule has 4 heterocycles. The number of benzene rings is 1. The van der Waals surface area contributed by atoms with Crippen LogP contribution in [0.1, 0.15) is 23.4 Å². The fourth-order valence-corrected chi connectivity index (χ4v) is 4.73. The van der Waals surface area contributed by atoms with Gasteiger partial charge >= 0.3 is 0 Å². The molecule has 176 valence electrons. The number of aromatic nitrogens is 2. The number of anilines is 1. The highest BCUT2D eigenvalue weighted by molar-refractivity contribution is 6.30. The minimum absolute atomic E-state index is 0.0844. The zero-order valence-electron chi connectivity index (χ0n) is 18.8. The Morgan fingerprint density at radius 3 is 2.35 bits per heavy atom. The Morgan fingerprint density at radius 2 is 1.68 bits per heavy atom. The van der Waals surface area contributed by atoms with Gasteiger partial charge in [-0.15, -0.1) is 10.2 Å². The van der Waals surface area contributed by atoms with Crippen LogP contribution in [0.4, 0.5) is 5.82 Å².